The fourth-order valence-electron chi connectivity index (χ4n) is 4.88. The Labute approximate surface area is 242 Å². The van der Waals surface area contributed by atoms with Crippen LogP contribution in [0.1, 0.15) is 47.5 Å². The van der Waals surface area contributed by atoms with Gasteiger partial charge in [0.25, 0.3) is 0 Å². The van der Waals surface area contributed by atoms with Gasteiger partial charge in [-0.05, 0) is 0 Å². The Morgan fingerprint density at radius 1 is 0.750 bits per heavy atom. The summed E-state index contributed by atoms with van der Waals surface area (Å²) in [6.45, 7) is 6.06. The Balaban J connectivity index is 2.23. The molecule has 0 saturated heterocycles. The van der Waals surface area contributed by atoms with Crippen molar-refractivity contribution in [1.29, 1.82) is 0 Å². The molecule has 0 spiro atoms. The number of hydrogen-bond donors (Lipinski definition) is 0. The van der Waals surface area contributed by atoms with Crippen molar-refractivity contribution in [3.8, 4) is 0 Å². The molecule has 0 radical (unpaired) electrons. The first-order valence-corrected chi connectivity index (χ1v) is 17.8. The van der Waals surface area contributed by atoms with Crippen molar-refractivity contribution in [2.24, 2.45) is 0 Å². The van der Waals surface area contributed by atoms with Gasteiger partial charge in [0.05, 0.1) is 0 Å². The van der Waals surface area contributed by atoms with E-state index in [1.54, 1.807) is 6.92 Å². The second-order valence-electron chi connectivity index (χ2n) is 10.5. The van der Waals surface area contributed by atoms with Crippen LogP contribution >= 0.6 is 6.83 Å². The monoisotopic (exact) mass is 574 g/mol. The standard InChI is InChI=1S/C35H43O3PS/c1-6-40(36,37)38-39(33-22-10-7-11-23-33,34-24-12-8-13-25-34,35-26-14-9-15-27-35)29-28-32(5)21-17-20-31(4)19-16-18-30(2)3/h7-15,17-18,20-28H,6,16,19,29H2,1-5H3/b21-17+,31-20+,32-28+. The van der Waals surface area contributed by atoms with Crippen LogP contribution in [-0.4, -0.2) is 20.3 Å². The summed E-state index contributed by atoms with van der Waals surface area (Å²) in [7, 11) is -3.87. The summed E-state index contributed by atoms with van der Waals surface area (Å²) in [6, 6.07) is 29.7. The number of hydrogen-bond acceptors (Lipinski definition) is 3. The van der Waals surface area contributed by atoms with E-state index in [1.165, 1.54) is 11.1 Å². The van der Waals surface area contributed by atoms with Crippen LogP contribution in [0.5, 0.6) is 0 Å². The molecule has 0 aliphatic heterocycles. The van der Waals surface area contributed by atoms with Gasteiger partial charge in [-0.2, -0.15) is 0 Å². The van der Waals surface area contributed by atoms with Gasteiger partial charge in [0.15, 0.2) is 0 Å². The van der Waals surface area contributed by atoms with Gasteiger partial charge in [-0.1, -0.05) is 0 Å². The molecule has 5 heteroatoms. The molecule has 0 amide bonds. The van der Waals surface area contributed by atoms with Crippen LogP contribution in [-0.2, 0) is 14.1 Å². The summed E-state index contributed by atoms with van der Waals surface area (Å²) in [6.07, 6.45) is 13.2. The zero-order valence-corrected chi connectivity index (χ0v) is 26.2. The zero-order chi connectivity index (χ0) is 29.1. The Bertz CT molecular complexity index is 1370. The predicted molar refractivity (Wildman–Crippen MR) is 176 cm³/mol. The quantitative estimate of drug-likeness (QED) is 0.118. The second-order valence-corrected chi connectivity index (χ2v) is 17.1. The van der Waals surface area contributed by atoms with E-state index in [-0.39, 0.29) is 5.75 Å². The Morgan fingerprint density at radius 2 is 1.23 bits per heavy atom. The van der Waals surface area contributed by atoms with Gasteiger partial charge in [0.1, 0.15) is 0 Å². The summed E-state index contributed by atoms with van der Waals surface area (Å²) in [5.74, 6) is -0.114. The fourth-order valence-corrected chi connectivity index (χ4v) is 13.2. The minimum atomic E-state index is -4.03. The summed E-state index contributed by atoms with van der Waals surface area (Å²) in [5.41, 5.74) is 3.70. The molecule has 0 unspecified atom stereocenters. The molecule has 0 atom stereocenters. The van der Waals surface area contributed by atoms with Crippen LogP contribution in [0.2, 0.25) is 0 Å². The molecule has 0 aromatic heterocycles. The van der Waals surface area contributed by atoms with Crippen molar-refractivity contribution in [2.45, 2.75) is 47.5 Å². The molecule has 0 aliphatic carbocycles. The van der Waals surface area contributed by atoms with Crippen LogP contribution in [0.4, 0.5) is 0 Å². The molecular formula is C35H43O3PS. The third-order valence-corrected chi connectivity index (χ3v) is 15.1. The number of rotatable bonds is 13. The van der Waals surface area contributed by atoms with Crippen molar-refractivity contribution < 1.29 is 12.4 Å². The molecule has 3 aromatic carbocycles. The molecule has 0 heterocycles. The summed E-state index contributed by atoms with van der Waals surface area (Å²) < 4.78 is 33.7. The van der Waals surface area contributed by atoms with E-state index in [0.717, 1.165) is 34.3 Å². The molecule has 3 nitrogen and oxygen atoms in total. The molecule has 0 fully saturated rings. The van der Waals surface area contributed by atoms with Gasteiger partial charge in [-0.3, -0.25) is 0 Å². The van der Waals surface area contributed by atoms with E-state index in [0.29, 0.717) is 6.16 Å². The minimum absolute atomic E-state index is 0.114. The Hall–Kier alpha value is -3.04. The van der Waals surface area contributed by atoms with Gasteiger partial charge < -0.3 is 0 Å². The van der Waals surface area contributed by atoms with Crippen molar-refractivity contribution in [3.63, 3.8) is 0 Å². The zero-order valence-electron chi connectivity index (χ0n) is 24.5. The van der Waals surface area contributed by atoms with Crippen LogP contribution in [0.15, 0.2) is 138 Å². The SMILES string of the molecule is CCS(=O)(=O)OP(C/C=C(C)/C=C/C=C(\C)CCC=C(C)C)(c1ccccc1)(c1ccccc1)c1ccccc1. The van der Waals surface area contributed by atoms with Crippen molar-refractivity contribution in [3.05, 3.63) is 138 Å². The topological polar surface area (TPSA) is 43.4 Å². The fraction of sp³-hybridized carbons (Fsp3) is 0.257. The summed E-state index contributed by atoms with van der Waals surface area (Å²) in [5, 5.41) is 2.64. The second kappa shape index (κ2) is 14.0. The maximum atomic E-state index is 13.5. The van der Waals surface area contributed by atoms with Gasteiger partial charge in [-0.25, -0.2) is 0 Å². The number of allylic oxidation sites excluding steroid dienone is 8. The summed E-state index contributed by atoms with van der Waals surface area (Å²) >= 11 is 0. The first kappa shape index (κ1) is 31.5. The Morgan fingerprint density at radius 3 is 1.65 bits per heavy atom. The van der Waals surface area contributed by atoms with Gasteiger partial charge in [0.2, 0.25) is 0 Å². The Kier molecular flexibility index (Phi) is 11.0. The van der Waals surface area contributed by atoms with Crippen LogP contribution in [0.3, 0.4) is 0 Å². The number of benzene rings is 3. The van der Waals surface area contributed by atoms with Gasteiger partial charge >= 0.3 is 243 Å². The van der Waals surface area contributed by atoms with Crippen LogP contribution < -0.4 is 15.9 Å². The molecular weight excluding hydrogens is 531 g/mol. The average molecular weight is 575 g/mol. The van der Waals surface area contributed by atoms with Gasteiger partial charge in [0, 0.05) is 0 Å². The first-order chi connectivity index (χ1) is 19.1. The van der Waals surface area contributed by atoms with E-state index in [9.17, 15) is 8.42 Å². The molecule has 212 valence electrons. The van der Waals surface area contributed by atoms with E-state index in [4.69, 9.17) is 3.97 Å². The van der Waals surface area contributed by atoms with Crippen molar-refractivity contribution in [2.75, 3.05) is 11.9 Å². The van der Waals surface area contributed by atoms with Crippen molar-refractivity contribution in [1.82, 2.24) is 0 Å². The first-order valence-electron chi connectivity index (χ1n) is 13.9. The molecule has 0 saturated carbocycles. The molecule has 0 aliphatic rings. The predicted octanol–water partition coefficient (Wildman–Crippen LogP) is 7.99. The van der Waals surface area contributed by atoms with E-state index < -0.39 is 16.9 Å². The maximum absolute atomic E-state index is 13.5. The molecule has 3 rings (SSSR count). The third kappa shape index (κ3) is 7.37. The molecule has 0 bridgehead atoms. The van der Waals surface area contributed by atoms with E-state index in [1.807, 2.05) is 91.0 Å². The van der Waals surface area contributed by atoms with Gasteiger partial charge in [-0.15, -0.1) is 0 Å². The van der Waals surface area contributed by atoms with Crippen LogP contribution in [0, 0.1) is 0 Å². The van der Waals surface area contributed by atoms with E-state index >= 15 is 0 Å². The van der Waals surface area contributed by atoms with E-state index in [2.05, 4.69) is 58.1 Å². The molecule has 40 heavy (non-hydrogen) atoms. The van der Waals surface area contributed by atoms with Crippen LogP contribution in [0.25, 0.3) is 0 Å². The van der Waals surface area contributed by atoms with Crippen molar-refractivity contribution >= 4 is 32.9 Å². The summed E-state index contributed by atoms with van der Waals surface area (Å²) in [4.78, 5) is 0. The molecule has 0 N–H and O–H groups in total. The average Bonchev–Trinajstić information content (AvgIpc) is 2.96. The molecule has 3 aromatic rings. The normalized spacial score (nSPS) is 14.1. The third-order valence-electron chi connectivity index (χ3n) is 7.13.